The molecule has 3 aromatic heterocycles. The molecule has 3 aromatic carbocycles. The smallest absolute Gasteiger partial charge is 0.316 e. The molecule has 30 heteroatoms. The van der Waals surface area contributed by atoms with E-state index in [1.165, 1.54) is 28.9 Å². The van der Waals surface area contributed by atoms with Crippen molar-refractivity contribution in [3.8, 4) is 0 Å². The highest BCUT2D eigenvalue weighted by atomic mass is 19.1. The summed E-state index contributed by atoms with van der Waals surface area (Å²) in [5, 5.41) is 24.9. The van der Waals surface area contributed by atoms with Crippen LogP contribution in [0.5, 0.6) is 0 Å². The van der Waals surface area contributed by atoms with E-state index >= 15 is 0 Å². The molecule has 1 unspecified atom stereocenters. The second kappa shape index (κ2) is 38.6. The Labute approximate surface area is 706 Å². The Balaban J connectivity index is 0.000000190. The number of amides is 9. The summed E-state index contributed by atoms with van der Waals surface area (Å²) < 4.78 is 31.8. The lowest BCUT2D eigenvalue weighted by atomic mass is 9.87. The van der Waals surface area contributed by atoms with Crippen LogP contribution in [0.1, 0.15) is 215 Å². The lowest BCUT2D eigenvalue weighted by molar-refractivity contribution is -0.169. The maximum absolute atomic E-state index is 14.6. The van der Waals surface area contributed by atoms with Crippen LogP contribution in [0.15, 0.2) is 122 Å². The number of hydrazine groups is 3. The first kappa shape index (κ1) is 91.9. The maximum Gasteiger partial charge on any atom is 0.316 e. The number of hydrogen-bond donors (Lipinski definition) is 9. The first-order chi connectivity index (χ1) is 56.9. The number of pyridine rings is 3. The molecule has 0 spiro atoms. The number of carbonyl (C=O) groups is 11. The number of esters is 2. The molecular weight excluding hydrogens is 1550 g/mol. The van der Waals surface area contributed by atoms with Crippen molar-refractivity contribution in [3.05, 3.63) is 155 Å². The fraction of sp³-hybridized carbons (Fsp3) is 0.495. The van der Waals surface area contributed by atoms with Crippen molar-refractivity contribution in [2.45, 2.75) is 242 Å². The molecule has 648 valence electrons. The fourth-order valence-electron chi connectivity index (χ4n) is 14.3. The number of allylic oxidation sites excluding steroid dienone is 1. The van der Waals surface area contributed by atoms with Gasteiger partial charge in [-0.3, -0.25) is 82.7 Å². The highest BCUT2D eigenvalue weighted by Crippen LogP contribution is 2.34. The number of carbonyl (C=O) groups excluding carboxylic acids is 11. The van der Waals surface area contributed by atoms with Crippen LogP contribution in [-0.2, 0) is 67.0 Å². The van der Waals surface area contributed by atoms with Gasteiger partial charge in [0.05, 0.1) is 62.8 Å². The van der Waals surface area contributed by atoms with Crippen LogP contribution < -0.4 is 48.2 Å². The Morgan fingerprint density at radius 1 is 0.446 bits per heavy atom. The largest absolute Gasteiger partial charge is 0.482 e. The van der Waals surface area contributed by atoms with Gasteiger partial charge in [-0.25, -0.2) is 20.7 Å². The zero-order valence-corrected chi connectivity index (χ0v) is 72.6. The zero-order valence-electron chi connectivity index (χ0n) is 72.6. The number of halogens is 1. The van der Waals surface area contributed by atoms with E-state index in [1.54, 1.807) is 101 Å². The molecular formula is C91H118FN15O14. The Hall–Kier alpha value is -11.4. The van der Waals surface area contributed by atoms with Gasteiger partial charge < -0.3 is 46.1 Å². The molecule has 0 radical (unpaired) electrons. The molecule has 121 heavy (non-hydrogen) atoms. The topological polar surface area (TPSA) is 372 Å². The van der Waals surface area contributed by atoms with Crippen LogP contribution in [0.3, 0.4) is 0 Å². The number of cyclic esters (lactones) is 2. The molecule has 29 nitrogen and oxygen atoms in total. The van der Waals surface area contributed by atoms with Crippen molar-refractivity contribution < 1.29 is 71.3 Å². The summed E-state index contributed by atoms with van der Waals surface area (Å²) in [6.45, 7) is 36.2. The van der Waals surface area contributed by atoms with E-state index < -0.39 is 118 Å². The minimum atomic E-state index is -1.66. The zero-order chi connectivity index (χ0) is 88.5. The van der Waals surface area contributed by atoms with Crippen LogP contribution in [0.25, 0.3) is 50.8 Å². The highest BCUT2D eigenvalue weighted by molar-refractivity contribution is 5.95. The lowest BCUT2D eigenvalue weighted by Gasteiger charge is -2.36. The molecule has 6 aliphatic heterocycles. The lowest BCUT2D eigenvalue weighted by Crippen LogP contribution is -2.61. The van der Waals surface area contributed by atoms with Crippen molar-refractivity contribution in [2.75, 3.05) is 19.6 Å². The summed E-state index contributed by atoms with van der Waals surface area (Å²) in [5.74, 6) is -5.03. The molecule has 6 aromatic rings. The minimum absolute atomic E-state index is 0.207. The summed E-state index contributed by atoms with van der Waals surface area (Å²) in [4.78, 5) is 159. The highest BCUT2D eigenvalue weighted by Gasteiger charge is 2.43. The van der Waals surface area contributed by atoms with Crippen LogP contribution in [-0.4, -0.2) is 175 Å². The van der Waals surface area contributed by atoms with Gasteiger partial charge in [0.15, 0.2) is 12.2 Å². The third kappa shape index (κ3) is 23.2. The summed E-state index contributed by atoms with van der Waals surface area (Å²) in [7, 11) is 0. The summed E-state index contributed by atoms with van der Waals surface area (Å²) in [6.07, 6.45) is 10.7. The Kier molecular flexibility index (Phi) is 29.3. The van der Waals surface area contributed by atoms with Gasteiger partial charge in [0.25, 0.3) is 35.4 Å². The van der Waals surface area contributed by atoms with Crippen LogP contribution >= 0.6 is 0 Å². The number of rotatable bonds is 2. The van der Waals surface area contributed by atoms with Gasteiger partial charge in [0.2, 0.25) is 23.8 Å². The molecule has 0 aliphatic carbocycles. The first-order valence-electron chi connectivity index (χ1n) is 41.6. The third-order valence-corrected chi connectivity index (χ3v) is 22.3. The van der Waals surface area contributed by atoms with Crippen molar-refractivity contribution in [1.29, 1.82) is 0 Å². The normalized spacial score (nSPS) is 27.4. The molecule has 12 rings (SSSR count). The number of hydrogen-bond acceptors (Lipinski definition) is 20. The van der Waals surface area contributed by atoms with Gasteiger partial charge in [-0.05, 0) is 199 Å². The van der Waals surface area contributed by atoms with Crippen LogP contribution in [0.4, 0.5) is 4.39 Å². The second-order valence-corrected chi connectivity index (χ2v) is 35.4. The number of nitrogens with one attached hydrogen (secondary N) is 9. The summed E-state index contributed by atoms with van der Waals surface area (Å²) in [6, 6.07) is 21.6. The van der Waals surface area contributed by atoms with Crippen molar-refractivity contribution in [2.24, 2.45) is 27.6 Å². The van der Waals surface area contributed by atoms with Crippen LogP contribution in [0, 0.1) is 27.6 Å². The third-order valence-electron chi connectivity index (χ3n) is 22.3. The molecule has 0 saturated carbocycles. The molecule has 6 aliphatic rings. The first-order valence-corrected chi connectivity index (χ1v) is 41.6. The van der Waals surface area contributed by atoms with Gasteiger partial charge in [0, 0.05) is 52.8 Å². The minimum Gasteiger partial charge on any atom is -0.482 e. The van der Waals surface area contributed by atoms with Gasteiger partial charge in [0.1, 0.15) is 42.4 Å². The van der Waals surface area contributed by atoms with Gasteiger partial charge >= 0.3 is 11.9 Å². The average Bonchev–Trinajstić information content (AvgIpc) is 0.967. The summed E-state index contributed by atoms with van der Waals surface area (Å²) in [5.41, 5.74) is 11.7. The summed E-state index contributed by atoms with van der Waals surface area (Å²) >= 11 is 0. The van der Waals surface area contributed by atoms with Crippen molar-refractivity contribution >= 4 is 116 Å². The van der Waals surface area contributed by atoms with Gasteiger partial charge in [-0.2, -0.15) is 0 Å². The quantitative estimate of drug-likeness (QED) is 0.0727. The van der Waals surface area contributed by atoms with E-state index in [1.807, 2.05) is 138 Å². The molecule has 9 amide bonds. The molecule has 9 heterocycles. The van der Waals surface area contributed by atoms with Crippen LogP contribution in [0.2, 0.25) is 0 Å². The number of alkyl halides is 1. The predicted molar refractivity (Wildman–Crippen MR) is 458 cm³/mol. The molecule has 3 saturated heterocycles. The van der Waals surface area contributed by atoms with Crippen molar-refractivity contribution in [1.82, 2.24) is 78.2 Å². The fourth-order valence-corrected chi connectivity index (χ4v) is 14.3. The molecule has 9 N–H and O–H groups in total. The van der Waals surface area contributed by atoms with E-state index in [0.29, 0.717) is 75.2 Å². The molecule has 3 fully saturated rings. The average molecular weight is 1670 g/mol. The Bertz CT molecular complexity index is 4830. The van der Waals surface area contributed by atoms with Crippen molar-refractivity contribution in [3.63, 3.8) is 0 Å². The monoisotopic (exact) mass is 1660 g/mol. The Morgan fingerprint density at radius 3 is 1.29 bits per heavy atom. The second-order valence-electron chi connectivity index (χ2n) is 35.4. The number of benzene rings is 3. The van der Waals surface area contributed by atoms with Gasteiger partial charge in [-0.1, -0.05) is 120 Å². The van der Waals surface area contributed by atoms with Gasteiger partial charge in [-0.15, -0.1) is 0 Å². The SMILES string of the molecule is C=C1O[C@@H](C(C)F)C(=O)N[C@@H](C)C(=O)N2CCC[C@H](N2)C(=O)N[C@H](C)c2ccc3ccc(cc3n2)/C=C/C1(C)C.CC(C)[C@@H]1OC(=O)C(C)(C)/C=C/c2cc3cc(ccc3cn2)[C@@H](C)NC(=O)[C@@H]2CCCN(N2)C(=O)[C@H](C)NC1=O.C[C@@H]1NC(=O)[C@H](C(C)(C)C)OC(=O)C(C)(C)/C=C/c2ccc3ccc(nc3c2)[C@@H](C)NC(=O)[C@@H]2CCCN(N2)C1=O. The van der Waals surface area contributed by atoms with E-state index in [2.05, 4.69) is 59.7 Å². The number of ether oxygens (including phenoxy) is 3. The van der Waals surface area contributed by atoms with E-state index in [4.69, 9.17) is 24.2 Å². The van der Waals surface area contributed by atoms with E-state index in [0.717, 1.165) is 49.3 Å². The number of aromatic nitrogens is 3. The maximum atomic E-state index is 14.6. The number of nitrogens with zero attached hydrogens (tertiary/aromatic N) is 6. The predicted octanol–water partition coefficient (Wildman–Crippen LogP) is 10.2. The number of fused-ring (bicyclic) bond motifs is 12. The molecule has 15 bridgehead atoms. The Morgan fingerprint density at radius 2 is 0.843 bits per heavy atom. The van der Waals surface area contributed by atoms with E-state index in [9.17, 15) is 57.1 Å². The molecule has 13 atom stereocenters. The standard InChI is InChI=1S/C31H41N5O5.C30H38FN5O4.C30H39N5O5/c1-18-22-13-12-21-11-10-20(17-24(21)34-22)14-15-31(6,7)29(40)41-25(30(3,4)5)27(38)33-19(2)28(39)36-16-8-9-23(35-36)26(37)32-18;1-17(31)26-28(38)33-19(3)29(39)36-15-7-8-24(35-36)27(37)32-18(2)23-12-11-22-10-9-21(16-25(22)34-23)13-14-30(5,6)20(4)40-26;1-17(2)25-27(37)33-19(4)28(38)35-13-7-8-24(34-35)26(36)32-18(3)20-9-10-21-16-31-23(15-22(21)14-20)11-12-30(5,6)29(39)40-25/h10-15,17-19,23,25,35H,8-9,16H2,1-7H3,(H,32,37)(H,33,38);9-14,16-19,24,26,35H,4,7-8,15H2,1-3,5-6H3,(H,32,37)(H,33,38);9-12,14-19,24-25,34H,7-8,13H2,1-6H3,(H,32,36)(H,33,37)/b15-14+;14-13+;12-11+/t18-,19+,23+,25-;17?,18-,19+,24+,26+;18-,19+,24+,25+/m111/s1. The van der Waals surface area contributed by atoms with E-state index in [-0.39, 0.29) is 59.3 Å².